The van der Waals surface area contributed by atoms with Gasteiger partial charge in [-0.15, -0.1) is 0 Å². The molecule has 2 fully saturated rings. The fourth-order valence-corrected chi connectivity index (χ4v) is 7.35. The zero-order valence-electron chi connectivity index (χ0n) is 29.8. The summed E-state index contributed by atoms with van der Waals surface area (Å²) in [7, 11) is 1.60. The molecule has 0 spiro atoms. The van der Waals surface area contributed by atoms with Crippen molar-refractivity contribution in [1.29, 1.82) is 0 Å². The van der Waals surface area contributed by atoms with Gasteiger partial charge in [0.1, 0.15) is 40.4 Å². The van der Waals surface area contributed by atoms with Crippen molar-refractivity contribution >= 4 is 39.8 Å². The molecule has 6 rings (SSSR count). The largest absolute Gasteiger partial charge is 0.497 e. The van der Waals surface area contributed by atoms with Gasteiger partial charge in [-0.3, -0.25) is 9.59 Å². The number of carbonyl (C=O) groups excluding carboxylic acids is 3. The number of aromatic nitrogens is 3. The molecule has 2 aliphatic heterocycles. The first-order chi connectivity index (χ1) is 24.8. The molecule has 1 aromatic heterocycles. The topological polar surface area (TPSA) is 165 Å². The van der Waals surface area contributed by atoms with Gasteiger partial charge in [0.25, 0.3) is 0 Å². The summed E-state index contributed by atoms with van der Waals surface area (Å²) in [6, 6.07) is 12.6. The highest BCUT2D eigenvalue weighted by atomic mass is 79.9. The number of amides is 3. The van der Waals surface area contributed by atoms with E-state index in [-0.39, 0.29) is 25.3 Å². The highest BCUT2D eigenvalue weighted by Crippen LogP contribution is 2.46. The number of carboxylic acid groups (broad SMARTS) is 1. The Balaban J connectivity index is 1.38. The lowest BCUT2D eigenvalue weighted by Gasteiger charge is -2.30. The normalized spacial score (nSPS) is 25.8. The minimum absolute atomic E-state index is 0.0570. The van der Waals surface area contributed by atoms with Gasteiger partial charge in [0, 0.05) is 34.5 Å². The molecular weight excluding hydrogens is 732 g/mol. The average molecular weight is 778 g/mol. The van der Waals surface area contributed by atoms with Crippen LogP contribution in [0.2, 0.25) is 0 Å². The molecule has 52 heavy (non-hydrogen) atoms. The van der Waals surface area contributed by atoms with Crippen LogP contribution in [0.3, 0.4) is 0 Å². The molecule has 3 N–H and O–H groups in total. The predicted octanol–water partition coefficient (Wildman–Crippen LogP) is 5.90. The van der Waals surface area contributed by atoms with Gasteiger partial charge in [0.05, 0.1) is 13.2 Å². The number of rotatable bonds is 6. The molecular formula is C38H45BrN6O7. The molecule has 14 heteroatoms. The quantitative estimate of drug-likeness (QED) is 0.259. The summed E-state index contributed by atoms with van der Waals surface area (Å²) in [6.45, 7) is 5.29. The molecule has 276 valence electrons. The van der Waals surface area contributed by atoms with Crippen LogP contribution in [0.5, 0.6) is 5.75 Å². The van der Waals surface area contributed by atoms with E-state index in [2.05, 4.69) is 26.6 Å². The summed E-state index contributed by atoms with van der Waals surface area (Å²) in [5.74, 6) is -1.81. The lowest BCUT2D eigenvalue weighted by Crippen LogP contribution is -2.56. The molecule has 3 heterocycles. The van der Waals surface area contributed by atoms with Crippen LogP contribution in [0.4, 0.5) is 4.79 Å². The second-order valence-electron chi connectivity index (χ2n) is 14.7. The number of aliphatic carboxylic acids is 1. The molecule has 0 radical (unpaired) electrons. The Morgan fingerprint density at radius 1 is 1.04 bits per heavy atom. The molecule has 0 unspecified atom stereocenters. The van der Waals surface area contributed by atoms with Gasteiger partial charge in [-0.2, -0.15) is 15.0 Å². The number of nitrogens with zero attached hydrogens (tertiary/aromatic N) is 4. The van der Waals surface area contributed by atoms with Crippen LogP contribution in [0, 0.1) is 5.92 Å². The number of allylic oxidation sites excluding steroid dienone is 1. The maximum Gasteiger partial charge on any atom is 0.408 e. The van der Waals surface area contributed by atoms with E-state index in [0.717, 1.165) is 34.9 Å². The Bertz CT molecular complexity index is 1850. The van der Waals surface area contributed by atoms with Gasteiger partial charge in [-0.1, -0.05) is 53.1 Å². The molecule has 5 atom stereocenters. The number of carbonyl (C=O) groups is 4. The van der Waals surface area contributed by atoms with Crippen LogP contribution < -0.4 is 15.4 Å². The van der Waals surface area contributed by atoms with Crippen LogP contribution in [-0.2, 0) is 19.1 Å². The van der Waals surface area contributed by atoms with Gasteiger partial charge in [-0.25, -0.2) is 9.59 Å². The molecule has 0 bridgehead atoms. The van der Waals surface area contributed by atoms with Gasteiger partial charge in [0.2, 0.25) is 11.8 Å². The van der Waals surface area contributed by atoms with Gasteiger partial charge in [0.15, 0.2) is 0 Å². The SMILES string of the molecule is COc1ccc(-c2nn([C@H]3C[C@H]4C(=O)N[C@]5(C(=O)O)C[C@@H]5/C=C\CCCCC[C@H](NC(=O)OC(C)(C)C)C(=O)N4C3)nc2-c2cccc(Br)c2)cc1. The zero-order chi connectivity index (χ0) is 37.2. The number of carboxylic acids is 1. The lowest BCUT2D eigenvalue weighted by molar-refractivity contribution is -0.145. The van der Waals surface area contributed by atoms with Crippen molar-refractivity contribution in [2.45, 2.75) is 95.0 Å². The highest BCUT2D eigenvalue weighted by Gasteiger charge is 2.61. The van der Waals surface area contributed by atoms with Crippen LogP contribution >= 0.6 is 15.9 Å². The van der Waals surface area contributed by atoms with E-state index in [4.69, 9.17) is 19.7 Å². The van der Waals surface area contributed by atoms with Crippen molar-refractivity contribution in [3.05, 3.63) is 65.2 Å². The second kappa shape index (κ2) is 15.1. The smallest absolute Gasteiger partial charge is 0.408 e. The van der Waals surface area contributed by atoms with E-state index in [1.807, 2.05) is 60.7 Å². The zero-order valence-corrected chi connectivity index (χ0v) is 31.4. The lowest BCUT2D eigenvalue weighted by atomic mass is 10.0. The Hall–Kier alpha value is -4.72. The van der Waals surface area contributed by atoms with Crippen molar-refractivity contribution in [1.82, 2.24) is 30.5 Å². The summed E-state index contributed by atoms with van der Waals surface area (Å²) in [5, 5.41) is 25.7. The van der Waals surface area contributed by atoms with Crippen molar-refractivity contribution < 1.29 is 33.8 Å². The van der Waals surface area contributed by atoms with Gasteiger partial charge >= 0.3 is 12.1 Å². The maximum absolute atomic E-state index is 14.5. The first kappa shape index (κ1) is 37.1. The molecule has 1 aliphatic carbocycles. The molecule has 13 nitrogen and oxygen atoms in total. The third kappa shape index (κ3) is 8.16. The number of ether oxygens (including phenoxy) is 2. The molecule has 3 aromatic rings. The van der Waals surface area contributed by atoms with Crippen molar-refractivity contribution in [2.75, 3.05) is 13.7 Å². The van der Waals surface area contributed by atoms with Gasteiger partial charge in [-0.05, 0) is 82.9 Å². The predicted molar refractivity (Wildman–Crippen MR) is 196 cm³/mol. The summed E-state index contributed by atoms with van der Waals surface area (Å²) in [4.78, 5) is 57.2. The second-order valence-corrected chi connectivity index (χ2v) is 15.6. The molecule has 3 aliphatic rings. The van der Waals surface area contributed by atoms with E-state index < -0.39 is 53.1 Å². The minimum atomic E-state index is -1.45. The van der Waals surface area contributed by atoms with E-state index in [0.29, 0.717) is 30.0 Å². The number of hydrogen-bond acceptors (Lipinski definition) is 8. The monoisotopic (exact) mass is 776 g/mol. The third-order valence-corrected chi connectivity index (χ3v) is 10.2. The third-order valence-electron chi connectivity index (χ3n) is 9.75. The standard InChI is InChI=1S/C38H45BrN6O7/c1-37(2,3)52-36(50)40-29-14-9-7-5-6-8-12-25-21-38(25,35(48)49)41-33(46)30-20-27(22-44(30)34(29)47)45-42-31(23-15-17-28(51-4)18-16-23)32(43-45)24-11-10-13-26(39)19-24/h8,10-13,15-19,25,27,29-30H,5-7,9,14,20-22H2,1-4H3,(H,40,50)(H,41,46)(H,48,49)/b12-8-/t25-,27-,29-,30-,38+/m0/s1. The van der Waals surface area contributed by atoms with Crippen LogP contribution in [0.15, 0.2) is 65.2 Å². The Morgan fingerprint density at radius 3 is 2.44 bits per heavy atom. The summed E-state index contributed by atoms with van der Waals surface area (Å²) < 4.78 is 11.7. The average Bonchev–Trinajstić information content (AvgIpc) is 3.40. The number of benzene rings is 2. The minimum Gasteiger partial charge on any atom is -0.497 e. The molecule has 1 saturated carbocycles. The van der Waals surface area contributed by atoms with E-state index >= 15 is 0 Å². The van der Waals surface area contributed by atoms with E-state index in [1.165, 1.54) is 4.90 Å². The van der Waals surface area contributed by atoms with Gasteiger partial charge < -0.3 is 30.1 Å². The fourth-order valence-electron chi connectivity index (χ4n) is 6.95. The Labute approximate surface area is 311 Å². The number of hydrogen-bond donors (Lipinski definition) is 3. The van der Waals surface area contributed by atoms with E-state index in [9.17, 15) is 24.3 Å². The first-order valence-corrected chi connectivity index (χ1v) is 18.5. The number of methoxy groups -OCH3 is 1. The van der Waals surface area contributed by atoms with Crippen molar-refractivity contribution in [3.8, 4) is 28.3 Å². The molecule has 3 amide bonds. The van der Waals surface area contributed by atoms with E-state index in [1.54, 1.807) is 32.7 Å². The number of alkyl carbamates (subject to hydrolysis) is 1. The summed E-state index contributed by atoms with van der Waals surface area (Å²) >= 11 is 3.56. The van der Waals surface area contributed by atoms with Crippen molar-refractivity contribution in [3.63, 3.8) is 0 Å². The fraction of sp³-hybridized carbons (Fsp3) is 0.474. The summed E-state index contributed by atoms with van der Waals surface area (Å²) in [5.41, 5.74) is 0.573. The number of halogens is 1. The van der Waals surface area contributed by atoms with Crippen LogP contribution in [0.25, 0.3) is 22.5 Å². The number of fused-ring (bicyclic) bond motifs is 2. The van der Waals surface area contributed by atoms with Crippen molar-refractivity contribution in [2.24, 2.45) is 5.92 Å². The number of nitrogens with one attached hydrogen (secondary N) is 2. The van der Waals surface area contributed by atoms with Crippen LogP contribution in [-0.4, -0.2) is 85.8 Å². The Morgan fingerprint density at radius 2 is 1.77 bits per heavy atom. The Kier molecular flexibility index (Phi) is 10.8. The highest BCUT2D eigenvalue weighted by molar-refractivity contribution is 9.10. The molecule has 1 saturated heterocycles. The maximum atomic E-state index is 14.5. The van der Waals surface area contributed by atoms with Crippen LogP contribution in [0.1, 0.15) is 71.8 Å². The molecule has 2 aromatic carbocycles. The summed E-state index contributed by atoms with van der Waals surface area (Å²) in [6.07, 6.45) is 6.86. The first-order valence-electron chi connectivity index (χ1n) is 17.7.